The molecule has 1 aromatic heterocycles. The van der Waals surface area contributed by atoms with E-state index in [-0.39, 0.29) is 17.9 Å². The van der Waals surface area contributed by atoms with E-state index in [4.69, 9.17) is 23.2 Å². The number of rotatable bonds is 4. The molecule has 0 aliphatic carbocycles. The molecule has 0 bridgehead atoms. The zero-order chi connectivity index (χ0) is 22.9. The van der Waals surface area contributed by atoms with Gasteiger partial charge in [-0.1, -0.05) is 47.5 Å². The number of nitrogens with zero attached hydrogens (tertiary/aromatic N) is 4. The SMILES string of the molecule is O=C(c1nccs1)N1CCN(C2CC(=O)N(c3cccc(-c4cccc(Cl)c4Cl)c3)C2)CC1. The fourth-order valence-corrected chi connectivity index (χ4v) is 5.52. The molecule has 3 heterocycles. The molecule has 2 saturated heterocycles. The van der Waals surface area contributed by atoms with Crippen LogP contribution < -0.4 is 4.90 Å². The predicted octanol–water partition coefficient (Wildman–Crippen LogP) is 4.68. The normalized spacial score (nSPS) is 19.3. The summed E-state index contributed by atoms with van der Waals surface area (Å²) in [6.45, 7) is 3.42. The van der Waals surface area contributed by atoms with Gasteiger partial charge in [-0.2, -0.15) is 0 Å². The molecule has 33 heavy (non-hydrogen) atoms. The molecule has 0 N–H and O–H groups in total. The molecule has 2 fully saturated rings. The third-order valence-electron chi connectivity index (χ3n) is 6.26. The van der Waals surface area contributed by atoms with Gasteiger partial charge in [0.2, 0.25) is 5.91 Å². The minimum atomic E-state index is -0.00901. The van der Waals surface area contributed by atoms with Gasteiger partial charge in [0.15, 0.2) is 5.01 Å². The van der Waals surface area contributed by atoms with Crippen LogP contribution in [0.4, 0.5) is 5.69 Å². The summed E-state index contributed by atoms with van der Waals surface area (Å²) in [4.78, 5) is 35.6. The van der Waals surface area contributed by atoms with Crippen molar-refractivity contribution in [3.05, 3.63) is 69.1 Å². The second-order valence-electron chi connectivity index (χ2n) is 8.18. The van der Waals surface area contributed by atoms with E-state index in [9.17, 15) is 9.59 Å². The summed E-state index contributed by atoms with van der Waals surface area (Å²) in [5.74, 6) is 0.0981. The average molecular weight is 501 g/mol. The third kappa shape index (κ3) is 4.51. The first-order valence-electron chi connectivity index (χ1n) is 10.8. The number of carbonyl (C=O) groups excluding carboxylic acids is 2. The van der Waals surface area contributed by atoms with Crippen LogP contribution in [0.3, 0.4) is 0 Å². The number of anilines is 1. The van der Waals surface area contributed by atoms with Gasteiger partial charge in [-0.3, -0.25) is 14.5 Å². The molecule has 2 aliphatic rings. The minimum absolute atomic E-state index is 0.00901. The first-order valence-corrected chi connectivity index (χ1v) is 12.4. The van der Waals surface area contributed by atoms with Gasteiger partial charge in [-0.15, -0.1) is 11.3 Å². The summed E-state index contributed by atoms with van der Waals surface area (Å²) in [5, 5.41) is 3.36. The highest BCUT2D eigenvalue weighted by atomic mass is 35.5. The van der Waals surface area contributed by atoms with Crippen LogP contribution in [-0.2, 0) is 4.79 Å². The van der Waals surface area contributed by atoms with E-state index in [1.807, 2.05) is 51.6 Å². The lowest BCUT2D eigenvalue weighted by molar-refractivity contribution is -0.117. The number of carbonyl (C=O) groups is 2. The van der Waals surface area contributed by atoms with Crippen LogP contribution in [0.2, 0.25) is 10.0 Å². The van der Waals surface area contributed by atoms with Crippen LogP contribution in [0, 0.1) is 0 Å². The van der Waals surface area contributed by atoms with Crippen LogP contribution in [0.5, 0.6) is 0 Å². The van der Waals surface area contributed by atoms with E-state index in [2.05, 4.69) is 9.88 Å². The zero-order valence-corrected chi connectivity index (χ0v) is 20.1. The van der Waals surface area contributed by atoms with Gasteiger partial charge < -0.3 is 9.80 Å². The van der Waals surface area contributed by atoms with E-state index < -0.39 is 0 Å². The lowest BCUT2D eigenvalue weighted by Gasteiger charge is -2.37. The Hall–Kier alpha value is -2.45. The molecule has 170 valence electrons. The highest BCUT2D eigenvalue weighted by molar-refractivity contribution is 7.11. The van der Waals surface area contributed by atoms with Gasteiger partial charge >= 0.3 is 0 Å². The quantitative estimate of drug-likeness (QED) is 0.521. The fraction of sp³-hybridized carbons (Fsp3) is 0.292. The standard InChI is InChI=1S/C24H22Cl2N4O2S/c25-20-6-2-5-19(22(20)26)16-3-1-4-17(13-16)30-15-18(14-21(30)31)28-8-10-29(11-9-28)24(32)23-27-7-12-33-23/h1-7,12-13,18H,8-11,14-15H2. The number of halogens is 2. The molecule has 2 aromatic carbocycles. The smallest absolute Gasteiger partial charge is 0.282 e. The molecule has 6 nitrogen and oxygen atoms in total. The number of hydrogen-bond donors (Lipinski definition) is 0. The number of benzene rings is 2. The van der Waals surface area contributed by atoms with Crippen LogP contribution in [0.15, 0.2) is 54.0 Å². The Kier molecular flexibility index (Phi) is 6.38. The lowest BCUT2D eigenvalue weighted by Crippen LogP contribution is -2.52. The van der Waals surface area contributed by atoms with Gasteiger partial charge in [-0.25, -0.2) is 4.98 Å². The topological polar surface area (TPSA) is 56.8 Å². The molecule has 5 rings (SSSR count). The molecule has 0 saturated carbocycles. The summed E-state index contributed by atoms with van der Waals surface area (Å²) < 4.78 is 0. The highest BCUT2D eigenvalue weighted by Crippen LogP contribution is 2.35. The number of amides is 2. The molecular weight excluding hydrogens is 479 g/mol. The zero-order valence-electron chi connectivity index (χ0n) is 17.8. The molecule has 2 aliphatic heterocycles. The van der Waals surface area contributed by atoms with Crippen molar-refractivity contribution in [3.63, 3.8) is 0 Å². The van der Waals surface area contributed by atoms with E-state index in [1.54, 1.807) is 12.3 Å². The summed E-state index contributed by atoms with van der Waals surface area (Å²) in [6.07, 6.45) is 2.13. The first kappa shape index (κ1) is 22.3. The van der Waals surface area contributed by atoms with Crippen molar-refractivity contribution in [1.29, 1.82) is 0 Å². The minimum Gasteiger partial charge on any atom is -0.334 e. The van der Waals surface area contributed by atoms with Crippen LogP contribution >= 0.6 is 34.5 Å². The summed E-state index contributed by atoms with van der Waals surface area (Å²) in [6, 6.07) is 13.5. The molecule has 0 spiro atoms. The maximum absolute atomic E-state index is 12.9. The Labute approximate surface area is 206 Å². The molecule has 0 radical (unpaired) electrons. The van der Waals surface area contributed by atoms with Crippen molar-refractivity contribution in [3.8, 4) is 11.1 Å². The summed E-state index contributed by atoms with van der Waals surface area (Å²) in [7, 11) is 0. The Bertz CT molecular complexity index is 1180. The maximum Gasteiger partial charge on any atom is 0.282 e. The predicted molar refractivity (Wildman–Crippen MR) is 132 cm³/mol. The second kappa shape index (κ2) is 9.43. The number of thiazole rings is 1. The monoisotopic (exact) mass is 500 g/mol. The molecule has 9 heteroatoms. The lowest BCUT2D eigenvalue weighted by atomic mass is 10.0. The van der Waals surface area contributed by atoms with Crippen molar-refractivity contribution in [1.82, 2.24) is 14.8 Å². The van der Waals surface area contributed by atoms with Gasteiger partial charge in [0.1, 0.15) is 0 Å². The van der Waals surface area contributed by atoms with E-state index >= 15 is 0 Å². The Morgan fingerprint density at radius 1 is 1.06 bits per heavy atom. The van der Waals surface area contributed by atoms with Gasteiger partial charge in [-0.05, 0) is 23.8 Å². The van der Waals surface area contributed by atoms with Gasteiger partial charge in [0.05, 0.1) is 10.0 Å². The van der Waals surface area contributed by atoms with Crippen molar-refractivity contribution < 1.29 is 9.59 Å². The molecule has 1 atom stereocenters. The third-order valence-corrected chi connectivity index (χ3v) is 7.84. The van der Waals surface area contributed by atoms with Crippen LogP contribution in [0.25, 0.3) is 11.1 Å². The van der Waals surface area contributed by atoms with Crippen molar-refractivity contribution in [2.24, 2.45) is 0 Å². The molecular formula is C24H22Cl2N4O2S. The van der Waals surface area contributed by atoms with E-state index in [1.165, 1.54) is 11.3 Å². The Balaban J connectivity index is 1.26. The molecule has 2 amide bonds. The van der Waals surface area contributed by atoms with Crippen molar-refractivity contribution >= 4 is 52.0 Å². The van der Waals surface area contributed by atoms with E-state index in [0.29, 0.717) is 41.1 Å². The fourth-order valence-electron chi connectivity index (χ4n) is 4.51. The second-order valence-corrected chi connectivity index (χ2v) is 9.86. The average Bonchev–Trinajstić information content (AvgIpc) is 3.51. The number of piperazine rings is 1. The van der Waals surface area contributed by atoms with Gasteiger partial charge in [0.25, 0.3) is 5.91 Å². The van der Waals surface area contributed by atoms with Crippen LogP contribution in [-0.4, -0.2) is 65.4 Å². The summed E-state index contributed by atoms with van der Waals surface area (Å²) in [5.41, 5.74) is 2.62. The molecule has 3 aromatic rings. The summed E-state index contributed by atoms with van der Waals surface area (Å²) >= 11 is 14.0. The van der Waals surface area contributed by atoms with Gasteiger partial charge in [0, 0.05) is 68.0 Å². The maximum atomic E-state index is 12.9. The van der Waals surface area contributed by atoms with E-state index in [0.717, 1.165) is 29.9 Å². The Morgan fingerprint density at radius 3 is 2.61 bits per heavy atom. The highest BCUT2D eigenvalue weighted by Gasteiger charge is 2.36. The Morgan fingerprint density at radius 2 is 1.85 bits per heavy atom. The number of hydrogen-bond acceptors (Lipinski definition) is 5. The largest absolute Gasteiger partial charge is 0.334 e. The number of aromatic nitrogens is 1. The van der Waals surface area contributed by atoms with Crippen LogP contribution in [0.1, 0.15) is 16.2 Å². The molecule has 1 unspecified atom stereocenters. The van der Waals surface area contributed by atoms with Crippen molar-refractivity contribution in [2.45, 2.75) is 12.5 Å². The first-order chi connectivity index (χ1) is 16.0. The van der Waals surface area contributed by atoms with Crippen molar-refractivity contribution in [2.75, 3.05) is 37.6 Å².